The molecule has 3 aliphatic heterocycles. The quantitative estimate of drug-likeness (QED) is 0.210. The highest BCUT2D eigenvalue weighted by Crippen LogP contribution is 2.44. The van der Waals surface area contributed by atoms with Crippen molar-refractivity contribution in [1.29, 1.82) is 0 Å². The van der Waals surface area contributed by atoms with Gasteiger partial charge < -0.3 is 34.3 Å². The van der Waals surface area contributed by atoms with Crippen LogP contribution in [0.3, 0.4) is 0 Å². The Morgan fingerprint density at radius 1 is 1.16 bits per heavy atom. The summed E-state index contributed by atoms with van der Waals surface area (Å²) in [6, 6.07) is 5.21. The van der Waals surface area contributed by atoms with Gasteiger partial charge in [0.2, 0.25) is 11.7 Å². The maximum Gasteiger partial charge on any atom is 0.447 e. The molecule has 4 aromatic heterocycles. The fourth-order valence-electron chi connectivity index (χ4n) is 5.22. The zero-order valence-corrected chi connectivity index (χ0v) is 23.9. The van der Waals surface area contributed by atoms with Gasteiger partial charge in [-0.2, -0.15) is 18.2 Å². The summed E-state index contributed by atoms with van der Waals surface area (Å²) in [5, 5.41) is 12.4. The number of nitrogens with zero attached hydrogens (tertiary/aromatic N) is 5. The summed E-state index contributed by atoms with van der Waals surface area (Å²) < 4.78 is 64.8. The number of urea groups is 1. The third-order valence-corrected chi connectivity index (χ3v) is 8.42. The lowest BCUT2D eigenvalue weighted by atomic mass is 10.0. The van der Waals surface area contributed by atoms with E-state index in [4.69, 9.17) is 4.52 Å². The van der Waals surface area contributed by atoms with E-state index in [0.717, 1.165) is 0 Å². The maximum atomic E-state index is 15.4. The highest BCUT2D eigenvalue weighted by molar-refractivity contribution is 8.00. The molecule has 0 spiro atoms. The van der Waals surface area contributed by atoms with Gasteiger partial charge in [0.15, 0.2) is 0 Å². The number of hydrogen-bond donors (Lipinski definition) is 3. The Morgan fingerprint density at radius 3 is 2.74 bits per heavy atom. The fraction of sp³-hybridized carbons (Fsp3) is 0.407. The zero-order chi connectivity index (χ0) is 30.5. The first kappa shape index (κ1) is 28.9. The van der Waals surface area contributed by atoms with Gasteiger partial charge in [-0.25, -0.2) is 9.18 Å². The lowest BCUT2D eigenvalue weighted by molar-refractivity contribution is -0.0329. The number of pyridine rings is 1. The maximum absolute atomic E-state index is 15.4. The van der Waals surface area contributed by atoms with Crippen LogP contribution in [0.25, 0.3) is 16.9 Å². The molecule has 1 fully saturated rings. The van der Waals surface area contributed by atoms with Gasteiger partial charge in [0.1, 0.15) is 6.17 Å². The predicted octanol–water partition coefficient (Wildman–Crippen LogP) is 4.62. The molecule has 43 heavy (non-hydrogen) atoms. The average molecular weight is 621 g/mol. The van der Waals surface area contributed by atoms with Crippen LogP contribution in [-0.4, -0.2) is 73.3 Å². The van der Waals surface area contributed by atoms with Crippen LogP contribution in [0.15, 0.2) is 52.4 Å². The summed E-state index contributed by atoms with van der Waals surface area (Å²) in [5.74, 6) is -0.532. The van der Waals surface area contributed by atoms with E-state index >= 15 is 4.39 Å². The number of nitrogens with one attached hydrogen (secondary N) is 3. The van der Waals surface area contributed by atoms with Crippen molar-refractivity contribution in [2.45, 2.75) is 55.1 Å². The zero-order valence-electron chi connectivity index (χ0n) is 23.1. The molecule has 0 aliphatic carbocycles. The second kappa shape index (κ2) is 10.8. The number of piperidine rings is 1. The van der Waals surface area contributed by atoms with Gasteiger partial charge in [-0.15, -0.1) is 0 Å². The van der Waals surface area contributed by atoms with Crippen molar-refractivity contribution in [3.8, 4) is 11.4 Å². The van der Waals surface area contributed by atoms with Crippen molar-refractivity contribution in [3.63, 3.8) is 0 Å². The molecule has 4 aromatic rings. The van der Waals surface area contributed by atoms with Crippen LogP contribution >= 0.6 is 11.8 Å². The fourth-order valence-corrected chi connectivity index (χ4v) is 5.95. The van der Waals surface area contributed by atoms with E-state index in [1.54, 1.807) is 35.2 Å². The van der Waals surface area contributed by atoms with E-state index in [0.29, 0.717) is 16.8 Å². The largest absolute Gasteiger partial charge is 0.447 e. The van der Waals surface area contributed by atoms with Crippen LogP contribution in [0.1, 0.15) is 36.5 Å². The first-order chi connectivity index (χ1) is 20.4. The molecule has 3 amide bonds. The van der Waals surface area contributed by atoms with Crippen molar-refractivity contribution >= 4 is 34.9 Å². The number of halogens is 4. The summed E-state index contributed by atoms with van der Waals surface area (Å²) in [4.78, 5) is 31.4. The van der Waals surface area contributed by atoms with Crippen LogP contribution in [0, 0.1) is 0 Å². The SMILES string of the molecule is CC1(C)CNC(=O)N2CCC(Nc3cccn4c(SC(F)(F)F)c(cc34)-c3noc(n3)CNC(=O)c3ccn1c3)C(F)C2. The van der Waals surface area contributed by atoms with Crippen molar-refractivity contribution in [1.82, 2.24) is 34.6 Å². The summed E-state index contributed by atoms with van der Waals surface area (Å²) in [6.07, 6.45) is 3.65. The first-order valence-electron chi connectivity index (χ1n) is 13.5. The van der Waals surface area contributed by atoms with Crippen LogP contribution in [0.5, 0.6) is 0 Å². The molecule has 16 heteroatoms. The molecule has 8 bridgehead atoms. The molecule has 0 radical (unpaired) electrons. The third-order valence-electron chi connectivity index (χ3n) is 7.58. The molecular weight excluding hydrogens is 592 g/mol. The molecule has 2 unspecified atom stereocenters. The van der Waals surface area contributed by atoms with Crippen LogP contribution < -0.4 is 16.0 Å². The van der Waals surface area contributed by atoms with Crippen LogP contribution in [0.4, 0.5) is 28.0 Å². The first-order valence-corrected chi connectivity index (χ1v) is 14.3. The van der Waals surface area contributed by atoms with E-state index in [-0.39, 0.29) is 66.7 Å². The Bertz CT molecular complexity index is 1680. The second-order valence-corrected chi connectivity index (χ2v) is 12.1. The number of carbonyl (C=O) groups is 2. The molecule has 228 valence electrons. The number of hydrogen-bond acceptors (Lipinski definition) is 7. The summed E-state index contributed by atoms with van der Waals surface area (Å²) in [5.41, 5.74) is -4.08. The number of aromatic nitrogens is 4. The summed E-state index contributed by atoms with van der Waals surface area (Å²) >= 11 is -0.331. The van der Waals surface area contributed by atoms with Gasteiger partial charge in [-0.05, 0) is 44.5 Å². The number of alkyl halides is 4. The lowest BCUT2D eigenvalue weighted by Gasteiger charge is -2.36. The minimum absolute atomic E-state index is 0.00318. The number of amides is 3. The normalized spacial score (nSPS) is 21.2. The van der Waals surface area contributed by atoms with Gasteiger partial charge in [0.05, 0.1) is 52.0 Å². The third kappa shape index (κ3) is 5.87. The van der Waals surface area contributed by atoms with E-state index < -0.39 is 35.2 Å². The molecule has 2 atom stereocenters. The minimum atomic E-state index is -4.63. The van der Waals surface area contributed by atoms with Crippen molar-refractivity contribution in [3.05, 3.63) is 54.3 Å². The van der Waals surface area contributed by atoms with Gasteiger partial charge in [-0.3, -0.25) is 4.79 Å². The second-order valence-electron chi connectivity index (χ2n) is 11.1. The highest BCUT2D eigenvalue weighted by atomic mass is 32.2. The number of carbonyl (C=O) groups excluding carboxylic acids is 2. The van der Waals surface area contributed by atoms with Gasteiger partial charge in [0, 0.05) is 43.4 Å². The molecule has 1 saturated heterocycles. The highest BCUT2D eigenvalue weighted by Gasteiger charge is 2.35. The van der Waals surface area contributed by atoms with Gasteiger partial charge >= 0.3 is 11.5 Å². The number of rotatable bonds is 1. The molecule has 3 aliphatic rings. The van der Waals surface area contributed by atoms with Gasteiger partial charge in [-0.1, -0.05) is 5.16 Å². The Balaban J connectivity index is 1.39. The molecular formula is C27H28F4N8O3S. The molecule has 7 rings (SSSR count). The van der Waals surface area contributed by atoms with E-state index in [2.05, 4.69) is 26.1 Å². The molecule has 7 heterocycles. The topological polar surface area (TPSA) is 122 Å². The summed E-state index contributed by atoms with van der Waals surface area (Å²) in [7, 11) is 0. The average Bonchev–Trinajstić information content (AvgIpc) is 3.70. The Labute approximate surface area is 247 Å². The van der Waals surface area contributed by atoms with Crippen molar-refractivity contribution in [2.24, 2.45) is 0 Å². The van der Waals surface area contributed by atoms with Crippen molar-refractivity contribution in [2.75, 3.05) is 25.0 Å². The Kier molecular flexibility index (Phi) is 7.26. The standard InChI is InChI=1S/C27H28F4N8O3S/c1-26(2)14-33-25(41)37-8-6-18(17(28)13-37)34-19-4-3-7-39-20(19)10-16(24(39)43-27(29,30)31)22-35-21(42-36-22)11-32-23(40)15-5-9-38(26)12-15/h3-5,7,9-10,12,17-18,34H,6,8,11,13-14H2,1-2H3,(H,32,40)(H,33,41). The lowest BCUT2D eigenvalue weighted by Crippen LogP contribution is -2.54. The van der Waals surface area contributed by atoms with Crippen LogP contribution in [-0.2, 0) is 12.1 Å². The van der Waals surface area contributed by atoms with Crippen molar-refractivity contribution < 1.29 is 31.7 Å². The smallest absolute Gasteiger partial charge is 0.378 e. The minimum Gasteiger partial charge on any atom is -0.378 e. The number of anilines is 1. The summed E-state index contributed by atoms with van der Waals surface area (Å²) in [6.45, 7) is 3.95. The Morgan fingerprint density at radius 2 is 1.98 bits per heavy atom. The molecule has 3 N–H and O–H groups in total. The Hall–Kier alpha value is -4.21. The van der Waals surface area contributed by atoms with Gasteiger partial charge in [0.25, 0.3) is 5.91 Å². The predicted molar refractivity (Wildman–Crippen MR) is 149 cm³/mol. The molecule has 0 saturated carbocycles. The number of thioether (sulfide) groups is 1. The molecule has 11 nitrogen and oxygen atoms in total. The molecule has 0 aromatic carbocycles. The van der Waals surface area contributed by atoms with E-state index in [1.807, 2.05) is 13.8 Å². The van der Waals surface area contributed by atoms with Crippen LogP contribution in [0.2, 0.25) is 0 Å². The monoisotopic (exact) mass is 620 g/mol. The van der Waals surface area contributed by atoms with E-state index in [9.17, 15) is 22.8 Å². The van der Waals surface area contributed by atoms with E-state index in [1.165, 1.54) is 21.6 Å². The number of fused-ring (bicyclic) bond motifs is 7.